The van der Waals surface area contributed by atoms with E-state index < -0.39 is 6.10 Å². The average molecular weight is 919 g/mol. The number of allylic oxidation sites excluding steroid dienone is 14. The van der Waals surface area contributed by atoms with Gasteiger partial charge >= 0.3 is 17.9 Å². The first-order valence-corrected chi connectivity index (χ1v) is 27.6. The minimum Gasteiger partial charge on any atom is -0.462 e. The average Bonchev–Trinajstić information content (AvgIpc) is 3.31. The van der Waals surface area contributed by atoms with E-state index in [0.717, 1.165) is 122 Å². The van der Waals surface area contributed by atoms with Gasteiger partial charge in [0.1, 0.15) is 13.2 Å². The first-order valence-electron chi connectivity index (χ1n) is 27.6. The van der Waals surface area contributed by atoms with Crippen LogP contribution in [-0.4, -0.2) is 37.2 Å². The summed E-state index contributed by atoms with van der Waals surface area (Å²) >= 11 is 0. The minimum atomic E-state index is -0.779. The predicted molar refractivity (Wildman–Crippen MR) is 284 cm³/mol. The van der Waals surface area contributed by atoms with Gasteiger partial charge in [0, 0.05) is 19.3 Å². The fourth-order valence-corrected chi connectivity index (χ4v) is 7.54. The molecular weight excluding hydrogens is 817 g/mol. The maximum atomic E-state index is 12.8. The quantitative estimate of drug-likeness (QED) is 0.0262. The van der Waals surface area contributed by atoms with Gasteiger partial charge in [-0.1, -0.05) is 247 Å². The molecule has 66 heavy (non-hydrogen) atoms. The SMILES string of the molecule is CC/C=C\C/C=C\C/C=C\C/C=C\C/C=C\C/C=C\C/C=C\CCCCCCCC(=O)OCC(COC(=O)CCCCCCCCC)OC(=O)CCCCCCCCCCCCCCCC. The normalized spacial score (nSPS) is 12.7. The molecule has 0 amide bonds. The van der Waals surface area contributed by atoms with Gasteiger partial charge < -0.3 is 14.2 Å². The van der Waals surface area contributed by atoms with Gasteiger partial charge in [-0.05, 0) is 77.0 Å². The van der Waals surface area contributed by atoms with E-state index in [1.807, 2.05) is 0 Å². The number of hydrogen-bond acceptors (Lipinski definition) is 6. The van der Waals surface area contributed by atoms with E-state index in [1.54, 1.807) is 0 Å². The van der Waals surface area contributed by atoms with Gasteiger partial charge in [-0.15, -0.1) is 0 Å². The molecule has 0 saturated carbocycles. The summed E-state index contributed by atoms with van der Waals surface area (Å²) in [4.78, 5) is 37.9. The zero-order valence-electron chi connectivity index (χ0n) is 43.2. The Bertz CT molecular complexity index is 1290. The van der Waals surface area contributed by atoms with E-state index in [-0.39, 0.29) is 31.1 Å². The van der Waals surface area contributed by atoms with Gasteiger partial charge in [0.2, 0.25) is 0 Å². The molecule has 0 bridgehead atoms. The summed E-state index contributed by atoms with van der Waals surface area (Å²) in [5.74, 6) is -0.903. The Morgan fingerprint density at radius 2 is 0.591 bits per heavy atom. The summed E-state index contributed by atoms with van der Waals surface area (Å²) in [5, 5.41) is 0. The second kappa shape index (κ2) is 54.2. The molecule has 0 heterocycles. The highest BCUT2D eigenvalue weighted by molar-refractivity contribution is 5.71. The van der Waals surface area contributed by atoms with Crippen LogP contribution in [-0.2, 0) is 28.6 Å². The topological polar surface area (TPSA) is 78.9 Å². The van der Waals surface area contributed by atoms with Crippen LogP contribution in [0.5, 0.6) is 0 Å². The maximum absolute atomic E-state index is 12.8. The lowest BCUT2D eigenvalue weighted by Gasteiger charge is -2.18. The Hall–Kier alpha value is -3.41. The number of ether oxygens (including phenoxy) is 3. The summed E-state index contributed by atoms with van der Waals surface area (Å²) in [6.07, 6.45) is 70.2. The molecule has 0 radical (unpaired) electrons. The number of esters is 3. The summed E-state index contributed by atoms with van der Waals surface area (Å²) < 4.78 is 16.7. The van der Waals surface area contributed by atoms with Gasteiger partial charge in [0.15, 0.2) is 6.10 Å². The summed E-state index contributed by atoms with van der Waals surface area (Å²) in [6.45, 7) is 6.47. The van der Waals surface area contributed by atoms with Crippen molar-refractivity contribution in [3.8, 4) is 0 Å². The van der Waals surface area contributed by atoms with Crippen LogP contribution in [0.3, 0.4) is 0 Å². The van der Waals surface area contributed by atoms with Crippen molar-refractivity contribution in [2.75, 3.05) is 13.2 Å². The monoisotopic (exact) mass is 919 g/mol. The van der Waals surface area contributed by atoms with Crippen molar-refractivity contribution in [1.29, 1.82) is 0 Å². The van der Waals surface area contributed by atoms with E-state index in [4.69, 9.17) is 14.2 Å². The Morgan fingerprint density at radius 1 is 0.318 bits per heavy atom. The lowest BCUT2D eigenvalue weighted by Crippen LogP contribution is -2.30. The molecular formula is C60H102O6. The largest absolute Gasteiger partial charge is 0.462 e. The molecule has 378 valence electrons. The molecule has 0 aromatic carbocycles. The van der Waals surface area contributed by atoms with Crippen LogP contribution < -0.4 is 0 Å². The van der Waals surface area contributed by atoms with Crippen molar-refractivity contribution < 1.29 is 28.6 Å². The highest BCUT2D eigenvalue weighted by atomic mass is 16.6. The highest BCUT2D eigenvalue weighted by Gasteiger charge is 2.19. The molecule has 0 rings (SSSR count). The Kier molecular flexibility index (Phi) is 51.4. The van der Waals surface area contributed by atoms with Crippen molar-refractivity contribution in [2.24, 2.45) is 0 Å². The summed E-state index contributed by atoms with van der Waals surface area (Å²) in [5.41, 5.74) is 0. The molecule has 0 N–H and O–H groups in total. The molecule has 1 unspecified atom stereocenters. The van der Waals surface area contributed by atoms with Crippen LogP contribution in [0.4, 0.5) is 0 Å². The van der Waals surface area contributed by atoms with Gasteiger partial charge in [-0.3, -0.25) is 14.4 Å². The van der Waals surface area contributed by atoms with Crippen molar-refractivity contribution >= 4 is 17.9 Å². The molecule has 0 aromatic rings. The van der Waals surface area contributed by atoms with Crippen molar-refractivity contribution in [1.82, 2.24) is 0 Å². The molecule has 0 aliphatic rings. The lowest BCUT2D eigenvalue weighted by atomic mass is 10.0. The van der Waals surface area contributed by atoms with E-state index in [2.05, 4.69) is 106 Å². The molecule has 0 saturated heterocycles. The smallest absolute Gasteiger partial charge is 0.306 e. The Balaban J connectivity index is 4.22. The van der Waals surface area contributed by atoms with Crippen LogP contribution >= 0.6 is 0 Å². The van der Waals surface area contributed by atoms with Crippen LogP contribution in [0.1, 0.15) is 258 Å². The van der Waals surface area contributed by atoms with Gasteiger partial charge in [-0.2, -0.15) is 0 Å². The predicted octanol–water partition coefficient (Wildman–Crippen LogP) is 18.4. The third-order valence-electron chi connectivity index (χ3n) is 11.7. The van der Waals surface area contributed by atoms with E-state index in [9.17, 15) is 14.4 Å². The van der Waals surface area contributed by atoms with Gasteiger partial charge in [0.05, 0.1) is 0 Å². The Labute approximate surface area is 407 Å². The first-order chi connectivity index (χ1) is 32.5. The molecule has 0 fully saturated rings. The number of carbonyl (C=O) groups excluding carboxylic acids is 3. The third kappa shape index (κ3) is 51.6. The summed E-state index contributed by atoms with van der Waals surface area (Å²) in [6, 6.07) is 0. The second-order valence-electron chi connectivity index (χ2n) is 18.1. The fraction of sp³-hybridized carbons (Fsp3) is 0.717. The molecule has 0 spiro atoms. The van der Waals surface area contributed by atoms with Gasteiger partial charge in [0.25, 0.3) is 0 Å². The maximum Gasteiger partial charge on any atom is 0.306 e. The highest BCUT2D eigenvalue weighted by Crippen LogP contribution is 2.15. The number of rotatable bonds is 49. The number of unbranched alkanes of at least 4 members (excludes halogenated alkanes) is 24. The van der Waals surface area contributed by atoms with E-state index >= 15 is 0 Å². The fourth-order valence-electron chi connectivity index (χ4n) is 7.54. The second-order valence-corrected chi connectivity index (χ2v) is 18.1. The van der Waals surface area contributed by atoms with Crippen LogP contribution in [0.15, 0.2) is 85.1 Å². The molecule has 1 atom stereocenters. The Morgan fingerprint density at radius 3 is 0.924 bits per heavy atom. The zero-order chi connectivity index (χ0) is 47.9. The molecule has 0 aliphatic heterocycles. The molecule has 6 nitrogen and oxygen atoms in total. The third-order valence-corrected chi connectivity index (χ3v) is 11.7. The first kappa shape index (κ1) is 62.6. The molecule has 0 aliphatic carbocycles. The number of carbonyl (C=O) groups is 3. The van der Waals surface area contributed by atoms with Crippen molar-refractivity contribution in [3.05, 3.63) is 85.1 Å². The number of hydrogen-bond donors (Lipinski definition) is 0. The lowest BCUT2D eigenvalue weighted by molar-refractivity contribution is -0.167. The van der Waals surface area contributed by atoms with E-state index in [0.29, 0.717) is 19.3 Å². The van der Waals surface area contributed by atoms with E-state index in [1.165, 1.54) is 96.3 Å². The molecule has 6 heteroatoms. The van der Waals surface area contributed by atoms with Gasteiger partial charge in [-0.25, -0.2) is 0 Å². The van der Waals surface area contributed by atoms with Crippen molar-refractivity contribution in [3.63, 3.8) is 0 Å². The van der Waals surface area contributed by atoms with Crippen molar-refractivity contribution in [2.45, 2.75) is 264 Å². The zero-order valence-corrected chi connectivity index (χ0v) is 43.2. The van der Waals surface area contributed by atoms with Crippen LogP contribution in [0, 0.1) is 0 Å². The summed E-state index contributed by atoms with van der Waals surface area (Å²) in [7, 11) is 0. The van der Waals surface area contributed by atoms with Crippen LogP contribution in [0.2, 0.25) is 0 Å². The minimum absolute atomic E-state index is 0.0804. The van der Waals surface area contributed by atoms with Crippen LogP contribution in [0.25, 0.3) is 0 Å². The molecule has 0 aromatic heterocycles. The standard InChI is InChI=1S/C60H102O6/c1-4-7-10-13-16-18-20-22-24-25-26-27-28-29-30-31-32-33-34-35-36-38-39-41-44-47-50-53-59(62)65-56-57(55-64-58(61)52-49-46-43-15-12-9-6-3)66-60(63)54-51-48-45-42-40-37-23-21-19-17-14-11-8-5-2/h7,10,16,18,22,24,26-27,29-30,32-33,35-36,57H,4-6,8-9,11-15,17,19-21,23,25,28,31,34,37-56H2,1-3H3/b10-7-,18-16-,24-22-,27-26-,30-29-,33-32-,36-35-.